The topological polar surface area (TPSA) is 237 Å². The third-order valence-corrected chi connectivity index (χ3v) is 18.5. The number of phosphoric ester groups is 2. The van der Waals surface area contributed by atoms with Gasteiger partial charge in [0.1, 0.15) is 19.3 Å². The van der Waals surface area contributed by atoms with E-state index in [0.717, 1.165) is 127 Å². The van der Waals surface area contributed by atoms with Gasteiger partial charge in [-0.2, -0.15) is 0 Å². The van der Waals surface area contributed by atoms with Crippen LogP contribution in [0.1, 0.15) is 344 Å². The van der Waals surface area contributed by atoms with Crippen molar-refractivity contribution in [1.82, 2.24) is 0 Å². The molecule has 0 rings (SSSR count). The first-order chi connectivity index (χ1) is 44.3. The number of carbonyl (C=O) groups excluding carboxylic acids is 4. The second-order valence-corrected chi connectivity index (χ2v) is 29.7. The summed E-state index contributed by atoms with van der Waals surface area (Å²) in [5.74, 6) is 0.0826. The van der Waals surface area contributed by atoms with Crippen LogP contribution in [-0.4, -0.2) is 96.7 Å². The van der Waals surface area contributed by atoms with Crippen molar-refractivity contribution >= 4 is 39.5 Å². The second-order valence-electron chi connectivity index (χ2n) is 26.8. The van der Waals surface area contributed by atoms with Crippen molar-refractivity contribution in [2.75, 3.05) is 39.6 Å². The summed E-state index contributed by atoms with van der Waals surface area (Å²) in [6.45, 7) is 11.7. The molecule has 0 aliphatic heterocycles. The molecule has 0 spiro atoms. The molecule has 0 aliphatic rings. The zero-order valence-electron chi connectivity index (χ0n) is 59.5. The molecule has 0 aromatic rings. The van der Waals surface area contributed by atoms with Crippen LogP contribution in [-0.2, 0) is 65.4 Å². The lowest BCUT2D eigenvalue weighted by Gasteiger charge is -2.21. The van der Waals surface area contributed by atoms with Crippen LogP contribution in [0.2, 0.25) is 0 Å². The van der Waals surface area contributed by atoms with Gasteiger partial charge in [0.25, 0.3) is 0 Å². The van der Waals surface area contributed by atoms with Crippen molar-refractivity contribution in [2.24, 2.45) is 17.8 Å². The number of unbranched alkanes of at least 4 members (excludes halogenated alkanes) is 33. The molecule has 0 aromatic heterocycles. The second kappa shape index (κ2) is 63.3. The average Bonchev–Trinajstić information content (AvgIpc) is 3.57. The Hall–Kier alpha value is -2.46. The molecule has 3 N–H and O–H groups in total. The summed E-state index contributed by atoms with van der Waals surface area (Å²) >= 11 is 0. The molecule has 0 fully saturated rings. The first kappa shape index (κ1) is 89.5. The van der Waals surface area contributed by atoms with Crippen LogP contribution in [0, 0.1) is 17.8 Å². The zero-order valence-corrected chi connectivity index (χ0v) is 61.3. The van der Waals surface area contributed by atoms with Crippen molar-refractivity contribution in [1.29, 1.82) is 0 Å². The van der Waals surface area contributed by atoms with E-state index in [-0.39, 0.29) is 25.7 Å². The molecule has 6 atom stereocenters. The Balaban J connectivity index is 5.28. The molecular weight excluding hydrogens is 1210 g/mol. The largest absolute Gasteiger partial charge is 0.472 e. The van der Waals surface area contributed by atoms with Gasteiger partial charge in [-0.25, -0.2) is 9.13 Å². The summed E-state index contributed by atoms with van der Waals surface area (Å²) in [6.07, 6.45) is 50.8. The Morgan fingerprint density at radius 2 is 0.641 bits per heavy atom. The number of phosphoric acid groups is 2. The molecule has 0 heterocycles. The summed E-state index contributed by atoms with van der Waals surface area (Å²) < 4.78 is 68.3. The number of rotatable bonds is 69. The summed E-state index contributed by atoms with van der Waals surface area (Å²) in [7, 11) is -9.92. The summed E-state index contributed by atoms with van der Waals surface area (Å²) in [5.41, 5.74) is 0. The summed E-state index contributed by atoms with van der Waals surface area (Å²) in [4.78, 5) is 72.6. The van der Waals surface area contributed by atoms with Gasteiger partial charge in [-0.3, -0.25) is 37.3 Å². The van der Waals surface area contributed by atoms with E-state index in [1.807, 2.05) is 0 Å². The van der Waals surface area contributed by atoms with Crippen molar-refractivity contribution < 1.29 is 80.2 Å². The molecule has 92 heavy (non-hydrogen) atoms. The Morgan fingerprint density at radius 3 is 0.967 bits per heavy atom. The maximum atomic E-state index is 13.0. The molecule has 3 unspecified atom stereocenters. The predicted molar refractivity (Wildman–Crippen MR) is 372 cm³/mol. The first-order valence-electron chi connectivity index (χ1n) is 37.2. The number of carbonyl (C=O) groups is 4. The lowest BCUT2D eigenvalue weighted by molar-refractivity contribution is -0.161. The maximum Gasteiger partial charge on any atom is 0.472 e. The average molecular weight is 1350 g/mol. The molecule has 19 heteroatoms. The van der Waals surface area contributed by atoms with Crippen LogP contribution in [0.4, 0.5) is 0 Å². The highest BCUT2D eigenvalue weighted by Gasteiger charge is 2.30. The lowest BCUT2D eigenvalue weighted by atomic mass is 10.00. The SMILES string of the molecule is CCCCCC/C=C\C=C/CCCCCCCC(=O)O[C@H](COC(=O)CCCCCCCCC(C)CC)COP(=O)(O)OC[C@H](O)COP(=O)(O)OC[C@@H](COC(=O)CCCCCCCCCCC(C)C)OC(=O)CCCCCCCCCCCCCCCC(C)C. The van der Waals surface area contributed by atoms with E-state index >= 15 is 0 Å². The number of aliphatic hydroxyl groups excluding tert-OH is 1. The minimum absolute atomic E-state index is 0.0837. The van der Waals surface area contributed by atoms with Crippen LogP contribution < -0.4 is 0 Å². The van der Waals surface area contributed by atoms with Crippen molar-refractivity contribution in [3.8, 4) is 0 Å². The lowest BCUT2D eigenvalue weighted by Crippen LogP contribution is -2.30. The molecule has 542 valence electrons. The van der Waals surface area contributed by atoms with Gasteiger partial charge in [0.15, 0.2) is 12.2 Å². The minimum atomic E-state index is -4.96. The molecular formula is C73H138O17P2. The Bertz CT molecular complexity index is 1900. The van der Waals surface area contributed by atoms with E-state index < -0.39 is 97.5 Å². The molecule has 0 amide bonds. The van der Waals surface area contributed by atoms with Crippen molar-refractivity contribution in [3.05, 3.63) is 24.3 Å². The van der Waals surface area contributed by atoms with Gasteiger partial charge >= 0.3 is 39.5 Å². The molecule has 0 saturated heterocycles. The van der Waals surface area contributed by atoms with Crippen LogP contribution in [0.3, 0.4) is 0 Å². The standard InChI is InChI=1S/C73H138O17P2/c1-8-10-11-12-13-14-15-16-17-20-23-26-33-42-49-56-73(78)90-69(61-84-71(76)55-48-41-36-35-39-46-53-66(7)9-2)63-88-92(81,82)86-59-67(74)58-85-91(79,80)87-62-68(60-83-70(75)54-47-40-32-29-28-31-38-45-52-65(5)6)89-72(77)57-50-43-34-27-24-21-18-19-22-25-30-37-44-51-64(3)4/h14-17,64-69,74H,8-13,18-63H2,1-7H3,(H,79,80)(H,81,82)/b15-14-,17-16-/t66?,67-,68-,69-/m1/s1. The predicted octanol–water partition coefficient (Wildman–Crippen LogP) is 20.6. The highest BCUT2D eigenvalue weighted by molar-refractivity contribution is 7.47. The van der Waals surface area contributed by atoms with Gasteiger partial charge in [-0.05, 0) is 69.1 Å². The fourth-order valence-corrected chi connectivity index (χ4v) is 12.1. The monoisotopic (exact) mass is 1350 g/mol. The Kier molecular flexibility index (Phi) is 61.6. The van der Waals surface area contributed by atoms with Gasteiger partial charge in [-0.1, -0.05) is 291 Å². The maximum absolute atomic E-state index is 13.0. The van der Waals surface area contributed by atoms with E-state index in [1.165, 1.54) is 135 Å². The Morgan fingerprint density at radius 1 is 0.359 bits per heavy atom. The van der Waals surface area contributed by atoms with Crippen molar-refractivity contribution in [2.45, 2.75) is 362 Å². The molecule has 0 saturated carbocycles. The van der Waals surface area contributed by atoms with E-state index in [0.29, 0.717) is 25.7 Å². The third-order valence-electron chi connectivity index (χ3n) is 16.6. The molecule has 17 nitrogen and oxygen atoms in total. The number of esters is 4. The van der Waals surface area contributed by atoms with Crippen LogP contribution in [0.5, 0.6) is 0 Å². The number of hydrogen-bond donors (Lipinski definition) is 3. The van der Waals surface area contributed by atoms with Crippen LogP contribution in [0.25, 0.3) is 0 Å². The van der Waals surface area contributed by atoms with Gasteiger partial charge in [0.2, 0.25) is 0 Å². The van der Waals surface area contributed by atoms with E-state index in [2.05, 4.69) is 72.8 Å². The fraction of sp³-hybridized carbons (Fsp3) is 0.890. The number of ether oxygens (including phenoxy) is 4. The molecule has 0 aliphatic carbocycles. The fourth-order valence-electron chi connectivity index (χ4n) is 10.5. The number of allylic oxidation sites excluding steroid dienone is 4. The van der Waals surface area contributed by atoms with E-state index in [4.69, 9.17) is 37.0 Å². The van der Waals surface area contributed by atoms with Crippen LogP contribution in [0.15, 0.2) is 24.3 Å². The number of hydrogen-bond acceptors (Lipinski definition) is 15. The third kappa shape index (κ3) is 64.9. The minimum Gasteiger partial charge on any atom is -0.462 e. The highest BCUT2D eigenvalue weighted by atomic mass is 31.2. The van der Waals surface area contributed by atoms with Crippen molar-refractivity contribution in [3.63, 3.8) is 0 Å². The highest BCUT2D eigenvalue weighted by Crippen LogP contribution is 2.45. The van der Waals surface area contributed by atoms with Gasteiger partial charge in [0, 0.05) is 25.7 Å². The molecule has 0 radical (unpaired) electrons. The normalized spacial score (nSPS) is 14.6. The molecule has 0 aromatic carbocycles. The van der Waals surface area contributed by atoms with Gasteiger partial charge < -0.3 is 33.8 Å². The summed E-state index contributed by atoms with van der Waals surface area (Å²) in [5, 5.41) is 10.6. The van der Waals surface area contributed by atoms with E-state index in [1.54, 1.807) is 0 Å². The molecule has 0 bridgehead atoms. The summed E-state index contributed by atoms with van der Waals surface area (Å²) in [6, 6.07) is 0. The van der Waals surface area contributed by atoms with E-state index in [9.17, 15) is 43.2 Å². The van der Waals surface area contributed by atoms with Gasteiger partial charge in [-0.15, -0.1) is 0 Å². The number of aliphatic hydroxyl groups is 1. The smallest absolute Gasteiger partial charge is 0.462 e. The Labute approximate surface area is 561 Å². The first-order valence-corrected chi connectivity index (χ1v) is 40.2. The van der Waals surface area contributed by atoms with Crippen LogP contribution >= 0.6 is 15.6 Å². The van der Waals surface area contributed by atoms with Gasteiger partial charge in [0.05, 0.1) is 26.4 Å². The zero-order chi connectivity index (χ0) is 68.0. The quantitative estimate of drug-likeness (QED) is 0.0169.